The molecule has 1 aliphatic heterocycles. The minimum Gasteiger partial charge on any atom is -0.399 e. The quantitative estimate of drug-likeness (QED) is 0.641. The lowest BCUT2D eigenvalue weighted by atomic mass is 9.79. The number of rotatable bonds is 5. The van der Waals surface area contributed by atoms with Gasteiger partial charge in [0.25, 0.3) is 0 Å². The van der Waals surface area contributed by atoms with Crippen LogP contribution in [0.15, 0.2) is 24.3 Å². The molecule has 2 atom stereocenters. The highest BCUT2D eigenvalue weighted by atomic mass is 28.3. The Bertz CT molecular complexity index is 485. The van der Waals surface area contributed by atoms with Crippen LogP contribution in [0.1, 0.15) is 20.3 Å². The summed E-state index contributed by atoms with van der Waals surface area (Å²) in [5.41, 5.74) is 14.4. The lowest BCUT2D eigenvalue weighted by Gasteiger charge is -2.39. The molecule has 1 aliphatic rings. The van der Waals surface area contributed by atoms with Gasteiger partial charge in [-0.1, -0.05) is 25.7 Å². The fraction of sp³-hybridized carbons (Fsp3) is 0.667. The molecule has 0 aromatic heterocycles. The molecule has 0 amide bonds. The third-order valence-electron chi connectivity index (χ3n) is 4.84. The zero-order valence-electron chi connectivity index (χ0n) is 14.9. The smallest absolute Gasteiger partial charge is 0.0446 e. The van der Waals surface area contributed by atoms with Crippen LogP contribution in [0.4, 0.5) is 11.4 Å². The molecule has 1 aromatic carbocycles. The molecule has 1 heterocycles. The highest BCUT2D eigenvalue weighted by Crippen LogP contribution is 2.38. The second kappa shape index (κ2) is 6.24. The average Bonchev–Trinajstić information content (AvgIpc) is 2.84. The maximum Gasteiger partial charge on any atom is 0.0446 e. The van der Waals surface area contributed by atoms with Crippen LogP contribution in [-0.2, 0) is 0 Å². The van der Waals surface area contributed by atoms with Crippen LogP contribution in [-0.4, -0.2) is 26.7 Å². The maximum atomic E-state index is 6.56. The summed E-state index contributed by atoms with van der Waals surface area (Å²) < 4.78 is 0. The number of hydrogen-bond acceptors (Lipinski definition) is 3. The van der Waals surface area contributed by atoms with Gasteiger partial charge in [0.2, 0.25) is 0 Å². The van der Waals surface area contributed by atoms with E-state index in [1.165, 1.54) is 18.2 Å². The maximum absolute atomic E-state index is 6.56. The SMILES string of the molecule is CC(C)(N)C(C[Si](C)(C)C)C1CCN(c2ccc(N)cc2)C1. The van der Waals surface area contributed by atoms with Gasteiger partial charge < -0.3 is 16.4 Å². The Kier molecular flexibility index (Phi) is 4.92. The molecule has 2 rings (SSSR count). The van der Waals surface area contributed by atoms with Gasteiger partial charge in [0.1, 0.15) is 0 Å². The highest BCUT2D eigenvalue weighted by molar-refractivity contribution is 6.76. The number of nitrogens with two attached hydrogens (primary N) is 2. The number of benzene rings is 1. The monoisotopic (exact) mass is 319 g/mol. The van der Waals surface area contributed by atoms with Crippen LogP contribution < -0.4 is 16.4 Å². The zero-order chi connectivity index (χ0) is 16.5. The first-order valence-corrected chi connectivity index (χ1v) is 12.2. The molecule has 0 saturated carbocycles. The van der Waals surface area contributed by atoms with E-state index in [-0.39, 0.29) is 5.54 Å². The van der Waals surface area contributed by atoms with Crippen molar-refractivity contribution in [2.24, 2.45) is 17.6 Å². The Morgan fingerprint density at radius 3 is 2.32 bits per heavy atom. The summed E-state index contributed by atoms with van der Waals surface area (Å²) in [4.78, 5) is 2.49. The van der Waals surface area contributed by atoms with Gasteiger partial charge in [0.05, 0.1) is 0 Å². The molecule has 1 fully saturated rings. The van der Waals surface area contributed by atoms with Crippen molar-refractivity contribution < 1.29 is 0 Å². The molecule has 4 N–H and O–H groups in total. The Morgan fingerprint density at radius 2 is 1.82 bits per heavy atom. The van der Waals surface area contributed by atoms with E-state index in [1.54, 1.807) is 0 Å². The summed E-state index contributed by atoms with van der Waals surface area (Å²) in [6.07, 6.45) is 1.25. The standard InChI is InChI=1S/C18H33N3Si/c1-18(2,20)17(13-22(3,4)5)14-10-11-21(12-14)16-8-6-15(19)7-9-16/h6-9,14,17H,10-13,19-20H2,1-5H3. The molecule has 4 heteroatoms. The van der Waals surface area contributed by atoms with Gasteiger partial charge in [0.15, 0.2) is 0 Å². The largest absolute Gasteiger partial charge is 0.399 e. The van der Waals surface area contributed by atoms with Gasteiger partial charge in [-0.25, -0.2) is 0 Å². The van der Waals surface area contributed by atoms with Crippen molar-refractivity contribution in [2.75, 3.05) is 23.7 Å². The molecule has 22 heavy (non-hydrogen) atoms. The Balaban J connectivity index is 2.10. The third-order valence-corrected chi connectivity index (χ3v) is 6.50. The van der Waals surface area contributed by atoms with Gasteiger partial charge in [-0.2, -0.15) is 0 Å². The van der Waals surface area contributed by atoms with Crippen LogP contribution >= 0.6 is 0 Å². The summed E-state index contributed by atoms with van der Waals surface area (Å²) >= 11 is 0. The first-order chi connectivity index (χ1) is 10.1. The van der Waals surface area contributed by atoms with Gasteiger partial charge in [-0.3, -0.25) is 0 Å². The Morgan fingerprint density at radius 1 is 1.23 bits per heavy atom. The first kappa shape index (κ1) is 17.4. The van der Waals surface area contributed by atoms with Crippen LogP contribution in [0.25, 0.3) is 0 Å². The predicted molar refractivity (Wildman–Crippen MR) is 101 cm³/mol. The summed E-state index contributed by atoms with van der Waals surface area (Å²) in [5.74, 6) is 1.31. The van der Waals surface area contributed by atoms with Crippen LogP contribution in [0.3, 0.4) is 0 Å². The topological polar surface area (TPSA) is 55.3 Å². The molecule has 124 valence electrons. The molecule has 1 aromatic rings. The molecule has 0 bridgehead atoms. The summed E-state index contributed by atoms with van der Waals surface area (Å²) in [7, 11) is -1.12. The van der Waals surface area contributed by atoms with Crippen LogP contribution in [0.5, 0.6) is 0 Å². The molecule has 1 saturated heterocycles. The minimum absolute atomic E-state index is 0.0952. The Labute approximate surface area is 137 Å². The second-order valence-corrected chi connectivity index (χ2v) is 14.3. The van der Waals surface area contributed by atoms with Crippen molar-refractivity contribution in [3.05, 3.63) is 24.3 Å². The van der Waals surface area contributed by atoms with Gasteiger partial charge in [0, 0.05) is 38.1 Å². The van der Waals surface area contributed by atoms with E-state index in [0.29, 0.717) is 11.8 Å². The first-order valence-electron chi connectivity index (χ1n) is 8.46. The van der Waals surface area contributed by atoms with Gasteiger partial charge in [-0.15, -0.1) is 0 Å². The van der Waals surface area contributed by atoms with E-state index < -0.39 is 8.07 Å². The predicted octanol–water partition coefficient (Wildman–Crippen LogP) is 3.79. The lowest BCUT2D eigenvalue weighted by molar-refractivity contribution is 0.251. The molecule has 0 aliphatic carbocycles. The van der Waals surface area contributed by atoms with Crippen molar-refractivity contribution in [3.8, 4) is 0 Å². The summed E-state index contributed by atoms with van der Waals surface area (Å²) in [6.45, 7) is 14.1. The van der Waals surface area contributed by atoms with E-state index in [1.807, 2.05) is 12.1 Å². The van der Waals surface area contributed by atoms with E-state index in [9.17, 15) is 0 Å². The fourth-order valence-corrected chi connectivity index (χ4v) is 5.91. The van der Waals surface area contributed by atoms with Crippen molar-refractivity contribution in [1.82, 2.24) is 0 Å². The number of nitrogens with zero attached hydrogens (tertiary/aromatic N) is 1. The third kappa shape index (κ3) is 4.50. The summed E-state index contributed by atoms with van der Waals surface area (Å²) in [6, 6.07) is 9.58. The highest BCUT2D eigenvalue weighted by Gasteiger charge is 2.39. The lowest BCUT2D eigenvalue weighted by Crippen LogP contribution is -2.48. The van der Waals surface area contributed by atoms with E-state index >= 15 is 0 Å². The molecule has 2 unspecified atom stereocenters. The minimum atomic E-state index is -1.12. The number of anilines is 2. The molecule has 3 nitrogen and oxygen atoms in total. The molecule has 0 radical (unpaired) electrons. The van der Waals surface area contributed by atoms with Gasteiger partial charge in [-0.05, 0) is 56.4 Å². The summed E-state index contributed by atoms with van der Waals surface area (Å²) in [5, 5.41) is 0. The van der Waals surface area contributed by atoms with E-state index in [4.69, 9.17) is 11.5 Å². The number of nitrogen functional groups attached to an aromatic ring is 1. The van der Waals surface area contributed by atoms with Crippen molar-refractivity contribution in [2.45, 2.75) is 51.5 Å². The molecular weight excluding hydrogens is 286 g/mol. The number of hydrogen-bond donors (Lipinski definition) is 2. The zero-order valence-corrected chi connectivity index (χ0v) is 15.9. The van der Waals surface area contributed by atoms with Crippen molar-refractivity contribution in [3.63, 3.8) is 0 Å². The Hall–Kier alpha value is -1.00. The average molecular weight is 320 g/mol. The van der Waals surface area contributed by atoms with Crippen molar-refractivity contribution in [1.29, 1.82) is 0 Å². The van der Waals surface area contributed by atoms with Crippen molar-refractivity contribution >= 4 is 19.4 Å². The fourth-order valence-electron chi connectivity index (χ4n) is 3.73. The second-order valence-electron chi connectivity index (χ2n) is 8.78. The normalized spacial score (nSPS) is 21.2. The van der Waals surface area contributed by atoms with E-state index in [2.05, 4.69) is 50.5 Å². The van der Waals surface area contributed by atoms with Crippen LogP contribution in [0, 0.1) is 11.8 Å². The van der Waals surface area contributed by atoms with E-state index in [0.717, 1.165) is 18.8 Å². The van der Waals surface area contributed by atoms with Gasteiger partial charge >= 0.3 is 0 Å². The molecule has 0 spiro atoms. The molecular formula is C18H33N3Si. The van der Waals surface area contributed by atoms with Crippen LogP contribution in [0.2, 0.25) is 25.7 Å².